The van der Waals surface area contributed by atoms with E-state index < -0.39 is 11.9 Å². The minimum atomic E-state index is -0.929. The lowest BCUT2D eigenvalue weighted by molar-refractivity contribution is -0.140. The van der Waals surface area contributed by atoms with Crippen molar-refractivity contribution >= 4 is 45.9 Å². The average Bonchev–Trinajstić information content (AvgIpc) is 3.47. The average molecular weight is 498 g/mol. The van der Waals surface area contributed by atoms with Gasteiger partial charge in [-0.25, -0.2) is 0 Å². The van der Waals surface area contributed by atoms with E-state index in [2.05, 4.69) is 15.6 Å². The van der Waals surface area contributed by atoms with Crippen LogP contribution >= 0.6 is 11.6 Å². The number of hydrogen-bond donors (Lipinski definition) is 4. The number of hydrogen-bond acceptors (Lipinski definition) is 6. The minimum absolute atomic E-state index is 0.0185. The highest BCUT2D eigenvalue weighted by Crippen LogP contribution is 2.29. The number of H-pyrrole nitrogens is 1. The molecule has 0 bridgehead atoms. The molecular formula is C24H28ClN7O3. The fourth-order valence-corrected chi connectivity index (χ4v) is 4.78. The van der Waals surface area contributed by atoms with Gasteiger partial charge in [-0.1, -0.05) is 23.7 Å². The van der Waals surface area contributed by atoms with E-state index in [1.54, 1.807) is 28.1 Å². The monoisotopic (exact) mass is 497 g/mol. The van der Waals surface area contributed by atoms with Crippen molar-refractivity contribution in [2.75, 3.05) is 31.5 Å². The van der Waals surface area contributed by atoms with Crippen molar-refractivity contribution in [3.63, 3.8) is 0 Å². The number of carbonyl (C=O) groups is 3. The SMILES string of the molecule is N#C/C(C(N)=O)=C(\Nc1cccc2c(Cl)c[nH]c12)N[C@H]1CCCCN(CC(=O)N2CCCC2)C1=O. The van der Waals surface area contributed by atoms with Gasteiger partial charge in [0.15, 0.2) is 5.57 Å². The molecule has 2 aliphatic rings. The number of nitrogens with zero attached hydrogens (tertiary/aromatic N) is 3. The number of nitrogens with two attached hydrogens (primary N) is 1. The van der Waals surface area contributed by atoms with E-state index in [4.69, 9.17) is 17.3 Å². The molecule has 4 rings (SSSR count). The number of aromatic amines is 1. The van der Waals surface area contributed by atoms with Gasteiger partial charge < -0.3 is 31.2 Å². The van der Waals surface area contributed by atoms with Crippen LogP contribution in [0.2, 0.25) is 5.02 Å². The van der Waals surface area contributed by atoms with Gasteiger partial charge in [0.05, 0.1) is 22.8 Å². The van der Waals surface area contributed by atoms with E-state index >= 15 is 0 Å². The van der Waals surface area contributed by atoms with E-state index in [1.165, 1.54) is 0 Å². The summed E-state index contributed by atoms with van der Waals surface area (Å²) in [5.41, 5.74) is 6.36. The second kappa shape index (κ2) is 10.7. The Balaban J connectivity index is 1.59. The summed E-state index contributed by atoms with van der Waals surface area (Å²) in [6.45, 7) is 1.94. The lowest BCUT2D eigenvalue weighted by Crippen LogP contribution is -2.49. The van der Waals surface area contributed by atoms with Crippen LogP contribution in [0.1, 0.15) is 32.1 Å². The molecule has 3 amide bonds. The van der Waals surface area contributed by atoms with Gasteiger partial charge in [0.25, 0.3) is 5.91 Å². The summed E-state index contributed by atoms with van der Waals surface area (Å²) in [7, 11) is 0. The predicted octanol–water partition coefficient (Wildman–Crippen LogP) is 2.05. The van der Waals surface area contributed by atoms with Gasteiger partial charge in [-0.2, -0.15) is 5.26 Å². The fourth-order valence-electron chi connectivity index (χ4n) is 4.56. The summed E-state index contributed by atoms with van der Waals surface area (Å²) in [4.78, 5) is 44.6. The van der Waals surface area contributed by atoms with E-state index in [1.807, 2.05) is 12.1 Å². The Kier molecular flexibility index (Phi) is 7.46. The lowest BCUT2D eigenvalue weighted by Gasteiger charge is -2.28. The first-order valence-corrected chi connectivity index (χ1v) is 12.1. The summed E-state index contributed by atoms with van der Waals surface area (Å²) in [6.07, 6.45) is 5.57. The van der Waals surface area contributed by atoms with Crippen LogP contribution in [0.5, 0.6) is 0 Å². The quantitative estimate of drug-likeness (QED) is 0.340. The molecule has 1 aromatic carbocycles. The van der Waals surface area contributed by atoms with Gasteiger partial charge in [-0.3, -0.25) is 14.4 Å². The van der Waals surface area contributed by atoms with Gasteiger partial charge in [-0.05, 0) is 38.2 Å². The van der Waals surface area contributed by atoms with Crippen LogP contribution in [0, 0.1) is 11.3 Å². The minimum Gasteiger partial charge on any atom is -0.365 e. The highest BCUT2D eigenvalue weighted by atomic mass is 35.5. The molecule has 1 atom stereocenters. The third kappa shape index (κ3) is 5.35. The fraction of sp³-hybridized carbons (Fsp3) is 0.417. The number of para-hydroxylation sites is 1. The van der Waals surface area contributed by atoms with Crippen molar-refractivity contribution in [1.29, 1.82) is 5.26 Å². The Morgan fingerprint density at radius 2 is 1.94 bits per heavy atom. The maximum absolute atomic E-state index is 13.4. The van der Waals surface area contributed by atoms with E-state index in [9.17, 15) is 19.6 Å². The van der Waals surface area contributed by atoms with Crippen LogP contribution in [0.15, 0.2) is 35.8 Å². The number of likely N-dealkylation sites (tertiary alicyclic amines) is 2. The highest BCUT2D eigenvalue weighted by Gasteiger charge is 2.31. The number of aromatic nitrogens is 1. The number of carbonyl (C=O) groups excluding carboxylic acids is 3. The van der Waals surface area contributed by atoms with Crippen LogP contribution in [-0.2, 0) is 14.4 Å². The van der Waals surface area contributed by atoms with E-state index in [0.717, 1.165) is 44.2 Å². The zero-order chi connectivity index (χ0) is 24.9. The molecular weight excluding hydrogens is 470 g/mol. The normalized spacial score (nSPS) is 19.2. The standard InChI is InChI=1S/C24H28ClN7O3/c25-17-13-28-21-15(17)6-5-8-18(21)29-23(16(12-26)22(27)34)30-19-7-1-2-11-32(24(19)35)14-20(33)31-9-3-4-10-31/h5-6,8,13,19,28-30H,1-4,7,9-11,14H2,(H2,27,34)/b23-16-/t19-/m0/s1. The van der Waals surface area contributed by atoms with Crippen LogP contribution in [-0.4, -0.2) is 64.7 Å². The number of nitriles is 1. The lowest BCUT2D eigenvalue weighted by atomic mass is 10.1. The Morgan fingerprint density at radius 3 is 2.66 bits per heavy atom. The summed E-state index contributed by atoms with van der Waals surface area (Å²) in [5.74, 6) is -1.21. The zero-order valence-electron chi connectivity index (χ0n) is 19.3. The molecule has 11 heteroatoms. The molecule has 2 aromatic rings. The van der Waals surface area contributed by atoms with Gasteiger partial charge in [0, 0.05) is 31.2 Å². The maximum atomic E-state index is 13.4. The third-order valence-corrected chi connectivity index (χ3v) is 6.73. The van der Waals surface area contributed by atoms with Crippen LogP contribution in [0.25, 0.3) is 10.9 Å². The van der Waals surface area contributed by atoms with Crippen molar-refractivity contribution in [2.45, 2.75) is 38.1 Å². The molecule has 2 aliphatic heterocycles. The topological polar surface area (TPSA) is 147 Å². The number of anilines is 1. The highest BCUT2D eigenvalue weighted by molar-refractivity contribution is 6.35. The van der Waals surface area contributed by atoms with Crippen molar-refractivity contribution < 1.29 is 14.4 Å². The summed E-state index contributed by atoms with van der Waals surface area (Å²) in [5, 5.41) is 17.0. The molecule has 35 heavy (non-hydrogen) atoms. The Labute approximate surface area is 208 Å². The number of amides is 3. The molecule has 0 aliphatic carbocycles. The van der Waals surface area contributed by atoms with Gasteiger partial charge >= 0.3 is 0 Å². The van der Waals surface area contributed by atoms with Gasteiger partial charge in [0.1, 0.15) is 17.9 Å². The largest absolute Gasteiger partial charge is 0.365 e. The molecule has 0 unspecified atom stereocenters. The zero-order valence-corrected chi connectivity index (χ0v) is 20.0. The van der Waals surface area contributed by atoms with Gasteiger partial charge in [0.2, 0.25) is 11.8 Å². The molecule has 2 saturated heterocycles. The van der Waals surface area contributed by atoms with Crippen molar-refractivity contribution in [1.82, 2.24) is 20.1 Å². The van der Waals surface area contributed by atoms with Crippen LogP contribution in [0.3, 0.4) is 0 Å². The second-order valence-corrected chi connectivity index (χ2v) is 9.16. The molecule has 184 valence electrons. The van der Waals surface area contributed by atoms with Crippen molar-refractivity contribution in [2.24, 2.45) is 5.73 Å². The first-order chi connectivity index (χ1) is 16.9. The first-order valence-electron chi connectivity index (χ1n) is 11.7. The summed E-state index contributed by atoms with van der Waals surface area (Å²) in [6, 6.07) is 6.46. The summed E-state index contributed by atoms with van der Waals surface area (Å²) >= 11 is 6.22. The molecule has 1 aromatic heterocycles. The number of benzene rings is 1. The molecule has 2 fully saturated rings. The third-order valence-electron chi connectivity index (χ3n) is 6.42. The molecule has 10 nitrogen and oxygen atoms in total. The Bertz CT molecular complexity index is 1210. The van der Waals surface area contributed by atoms with Crippen LogP contribution < -0.4 is 16.4 Å². The predicted molar refractivity (Wildman–Crippen MR) is 132 cm³/mol. The van der Waals surface area contributed by atoms with Gasteiger partial charge in [-0.15, -0.1) is 0 Å². The smallest absolute Gasteiger partial charge is 0.263 e. The number of primary amides is 1. The molecule has 0 radical (unpaired) electrons. The first kappa shape index (κ1) is 24.4. The number of fused-ring (bicyclic) bond motifs is 1. The summed E-state index contributed by atoms with van der Waals surface area (Å²) < 4.78 is 0. The van der Waals surface area contributed by atoms with Crippen LogP contribution in [0.4, 0.5) is 5.69 Å². The number of halogens is 1. The van der Waals surface area contributed by atoms with Crippen molar-refractivity contribution in [3.8, 4) is 6.07 Å². The Hall–Kier alpha value is -3.71. The molecule has 0 spiro atoms. The Morgan fingerprint density at radius 1 is 1.20 bits per heavy atom. The van der Waals surface area contributed by atoms with E-state index in [-0.39, 0.29) is 29.8 Å². The molecule has 0 saturated carbocycles. The number of nitrogens with one attached hydrogen (secondary N) is 3. The molecule has 5 N–H and O–H groups in total. The maximum Gasteiger partial charge on any atom is 0.263 e. The second-order valence-electron chi connectivity index (χ2n) is 8.76. The van der Waals surface area contributed by atoms with Crippen molar-refractivity contribution in [3.05, 3.63) is 40.8 Å². The van der Waals surface area contributed by atoms with E-state index in [0.29, 0.717) is 29.2 Å². The molecule has 3 heterocycles. The number of rotatable bonds is 7.